The van der Waals surface area contributed by atoms with Gasteiger partial charge in [0.2, 0.25) is 0 Å². The zero-order chi connectivity index (χ0) is 7.40. The first kappa shape index (κ1) is 7.62. The molecule has 0 spiro atoms. The Hall–Kier alpha value is -0.490. The summed E-state index contributed by atoms with van der Waals surface area (Å²) in [6, 6.07) is 0. The van der Waals surface area contributed by atoms with Gasteiger partial charge in [0.1, 0.15) is 0 Å². The van der Waals surface area contributed by atoms with E-state index in [-0.39, 0.29) is 0 Å². The van der Waals surface area contributed by atoms with E-state index in [1.165, 1.54) is 5.57 Å². The zero-order valence-corrected chi connectivity index (χ0v) is 6.86. The summed E-state index contributed by atoms with van der Waals surface area (Å²) in [5.41, 5.74) is 1.23. The van der Waals surface area contributed by atoms with Crippen molar-refractivity contribution in [1.82, 2.24) is 0 Å². The minimum absolute atomic E-state index is 0.968. The summed E-state index contributed by atoms with van der Waals surface area (Å²) in [4.78, 5) is 0. The van der Waals surface area contributed by atoms with Gasteiger partial charge in [0.05, 0.1) is 0 Å². The van der Waals surface area contributed by atoms with Gasteiger partial charge >= 0.3 is 0 Å². The molecule has 0 saturated carbocycles. The standard InChI is InChI=1S/C9H11Cl/c1-2-4-8-5-3-6-9(10)7-8/h2,4-5,7H,3,6H2,1H3/b4-2-. The van der Waals surface area contributed by atoms with Crippen molar-refractivity contribution in [2.24, 2.45) is 0 Å². The predicted molar refractivity (Wildman–Crippen MR) is 46.1 cm³/mol. The molecular weight excluding hydrogens is 144 g/mol. The SMILES string of the molecule is C/C=C\C1=CCCC(Cl)=C1. The normalized spacial score (nSPS) is 19.0. The van der Waals surface area contributed by atoms with E-state index in [1.807, 2.05) is 19.1 Å². The highest BCUT2D eigenvalue weighted by Crippen LogP contribution is 2.20. The van der Waals surface area contributed by atoms with Crippen LogP contribution >= 0.6 is 11.6 Å². The Labute approximate surface area is 66.9 Å². The first-order valence-electron chi connectivity index (χ1n) is 3.52. The molecule has 0 bridgehead atoms. The number of allylic oxidation sites excluding steroid dienone is 6. The highest BCUT2D eigenvalue weighted by molar-refractivity contribution is 6.29. The summed E-state index contributed by atoms with van der Waals surface area (Å²) in [5.74, 6) is 0. The molecule has 0 fully saturated rings. The second-order valence-electron chi connectivity index (χ2n) is 2.33. The number of halogens is 1. The van der Waals surface area contributed by atoms with Gasteiger partial charge in [-0.1, -0.05) is 29.8 Å². The van der Waals surface area contributed by atoms with Crippen LogP contribution in [0.5, 0.6) is 0 Å². The van der Waals surface area contributed by atoms with E-state index in [4.69, 9.17) is 11.6 Å². The largest absolute Gasteiger partial charge is 0.0891 e. The third-order valence-electron chi connectivity index (χ3n) is 1.45. The Morgan fingerprint density at radius 3 is 3.00 bits per heavy atom. The van der Waals surface area contributed by atoms with Crippen LogP contribution in [0.1, 0.15) is 19.8 Å². The number of hydrogen-bond donors (Lipinski definition) is 0. The molecule has 0 atom stereocenters. The van der Waals surface area contributed by atoms with Crippen molar-refractivity contribution in [3.05, 3.63) is 34.9 Å². The molecule has 0 nitrogen and oxygen atoms in total. The van der Waals surface area contributed by atoms with Crippen LogP contribution in [0.3, 0.4) is 0 Å². The van der Waals surface area contributed by atoms with Crippen LogP contribution in [0.15, 0.2) is 34.9 Å². The Kier molecular flexibility index (Phi) is 2.76. The molecule has 1 heteroatoms. The third kappa shape index (κ3) is 2.03. The number of hydrogen-bond acceptors (Lipinski definition) is 0. The lowest BCUT2D eigenvalue weighted by molar-refractivity contribution is 1.01. The molecule has 1 aliphatic carbocycles. The Balaban J connectivity index is 2.69. The van der Waals surface area contributed by atoms with Crippen molar-refractivity contribution in [3.63, 3.8) is 0 Å². The predicted octanol–water partition coefficient (Wildman–Crippen LogP) is 3.41. The summed E-state index contributed by atoms with van der Waals surface area (Å²) >= 11 is 5.83. The van der Waals surface area contributed by atoms with Gasteiger partial charge in [-0.05, 0) is 31.4 Å². The van der Waals surface area contributed by atoms with Crippen molar-refractivity contribution >= 4 is 11.6 Å². The molecule has 0 unspecified atom stereocenters. The van der Waals surface area contributed by atoms with Gasteiger partial charge in [0, 0.05) is 5.03 Å². The van der Waals surface area contributed by atoms with Crippen molar-refractivity contribution in [1.29, 1.82) is 0 Å². The quantitative estimate of drug-likeness (QED) is 0.543. The average molecular weight is 155 g/mol. The third-order valence-corrected chi connectivity index (χ3v) is 1.74. The van der Waals surface area contributed by atoms with E-state index in [0.29, 0.717) is 0 Å². The van der Waals surface area contributed by atoms with Crippen LogP contribution in [-0.2, 0) is 0 Å². The molecule has 1 aliphatic rings. The molecule has 0 amide bonds. The first-order chi connectivity index (χ1) is 4.83. The van der Waals surface area contributed by atoms with Crippen molar-refractivity contribution in [2.45, 2.75) is 19.8 Å². The van der Waals surface area contributed by atoms with Gasteiger partial charge in [0.15, 0.2) is 0 Å². The molecule has 0 saturated heterocycles. The molecule has 54 valence electrons. The summed E-state index contributed by atoms with van der Waals surface area (Å²) in [6.07, 6.45) is 10.4. The summed E-state index contributed by atoms with van der Waals surface area (Å²) in [7, 11) is 0. The zero-order valence-electron chi connectivity index (χ0n) is 6.10. The van der Waals surface area contributed by atoms with Gasteiger partial charge < -0.3 is 0 Å². The van der Waals surface area contributed by atoms with Crippen molar-refractivity contribution < 1.29 is 0 Å². The molecule has 0 aliphatic heterocycles. The lowest BCUT2D eigenvalue weighted by Crippen LogP contribution is -1.83. The fourth-order valence-corrected chi connectivity index (χ4v) is 1.23. The minimum Gasteiger partial charge on any atom is -0.0891 e. The lowest BCUT2D eigenvalue weighted by Gasteiger charge is -2.04. The van der Waals surface area contributed by atoms with E-state index in [2.05, 4.69) is 12.2 Å². The molecule has 0 aromatic heterocycles. The maximum atomic E-state index is 5.83. The Morgan fingerprint density at radius 2 is 2.40 bits per heavy atom. The van der Waals surface area contributed by atoms with Crippen molar-refractivity contribution in [2.75, 3.05) is 0 Å². The first-order valence-corrected chi connectivity index (χ1v) is 3.89. The van der Waals surface area contributed by atoms with Crippen LogP contribution in [0.25, 0.3) is 0 Å². The lowest BCUT2D eigenvalue weighted by atomic mass is 10.1. The Bertz CT molecular complexity index is 197. The molecule has 0 aromatic carbocycles. The van der Waals surface area contributed by atoms with E-state index in [1.54, 1.807) is 0 Å². The fourth-order valence-electron chi connectivity index (χ4n) is 0.997. The summed E-state index contributed by atoms with van der Waals surface area (Å²) in [6.45, 7) is 2.01. The summed E-state index contributed by atoms with van der Waals surface area (Å²) < 4.78 is 0. The van der Waals surface area contributed by atoms with Crippen LogP contribution < -0.4 is 0 Å². The van der Waals surface area contributed by atoms with Gasteiger partial charge in [-0.2, -0.15) is 0 Å². The average Bonchev–Trinajstić information content (AvgIpc) is 1.88. The molecular formula is C9H11Cl. The summed E-state index contributed by atoms with van der Waals surface area (Å²) in [5, 5.41) is 0.968. The molecule has 10 heavy (non-hydrogen) atoms. The van der Waals surface area contributed by atoms with Crippen LogP contribution in [0.2, 0.25) is 0 Å². The van der Waals surface area contributed by atoms with E-state index in [0.717, 1.165) is 17.9 Å². The minimum atomic E-state index is 0.968. The fraction of sp³-hybridized carbons (Fsp3) is 0.333. The molecule has 0 radical (unpaired) electrons. The van der Waals surface area contributed by atoms with E-state index < -0.39 is 0 Å². The second kappa shape index (κ2) is 3.62. The van der Waals surface area contributed by atoms with Crippen LogP contribution in [-0.4, -0.2) is 0 Å². The van der Waals surface area contributed by atoms with Gasteiger partial charge in [-0.3, -0.25) is 0 Å². The number of rotatable bonds is 1. The van der Waals surface area contributed by atoms with Crippen LogP contribution in [0, 0.1) is 0 Å². The topological polar surface area (TPSA) is 0 Å². The van der Waals surface area contributed by atoms with Gasteiger partial charge in [-0.15, -0.1) is 0 Å². The monoisotopic (exact) mass is 154 g/mol. The smallest absolute Gasteiger partial charge is 0.0189 e. The highest BCUT2D eigenvalue weighted by atomic mass is 35.5. The Morgan fingerprint density at radius 1 is 1.60 bits per heavy atom. The molecule has 0 heterocycles. The van der Waals surface area contributed by atoms with Gasteiger partial charge in [0.25, 0.3) is 0 Å². The van der Waals surface area contributed by atoms with E-state index >= 15 is 0 Å². The van der Waals surface area contributed by atoms with E-state index in [9.17, 15) is 0 Å². The maximum Gasteiger partial charge on any atom is 0.0189 e. The van der Waals surface area contributed by atoms with Gasteiger partial charge in [-0.25, -0.2) is 0 Å². The maximum absolute atomic E-state index is 5.83. The van der Waals surface area contributed by atoms with Crippen molar-refractivity contribution in [3.8, 4) is 0 Å². The second-order valence-corrected chi connectivity index (χ2v) is 2.82. The molecule has 1 rings (SSSR count). The molecule has 0 aromatic rings. The molecule has 0 N–H and O–H groups in total. The highest BCUT2D eigenvalue weighted by Gasteiger charge is 1.98. The van der Waals surface area contributed by atoms with Crippen LogP contribution in [0.4, 0.5) is 0 Å².